The maximum atomic E-state index is 12.9. The fourth-order valence-corrected chi connectivity index (χ4v) is 4.63. The van der Waals surface area contributed by atoms with Crippen molar-refractivity contribution in [1.82, 2.24) is 0 Å². The smallest absolute Gasteiger partial charge is 0.255 e. The number of nitrogens with zero attached hydrogens (tertiary/aromatic N) is 2. The van der Waals surface area contributed by atoms with Crippen molar-refractivity contribution in [2.45, 2.75) is 26.9 Å². The molecule has 3 aromatic carbocycles. The third kappa shape index (κ3) is 5.02. The van der Waals surface area contributed by atoms with E-state index in [9.17, 15) is 9.59 Å². The molecule has 0 unspecified atom stereocenters. The molecule has 2 aromatic heterocycles. The van der Waals surface area contributed by atoms with Crippen LogP contribution < -0.4 is 19.8 Å². The van der Waals surface area contributed by atoms with Crippen molar-refractivity contribution in [3.8, 4) is 0 Å². The lowest BCUT2D eigenvalue weighted by Crippen LogP contribution is -2.32. The molecular formula is C32H30N4O2+2. The van der Waals surface area contributed by atoms with Gasteiger partial charge in [-0.3, -0.25) is 9.59 Å². The Balaban J connectivity index is 1.26. The maximum Gasteiger partial charge on any atom is 0.255 e. The Bertz CT molecular complexity index is 1690. The van der Waals surface area contributed by atoms with E-state index in [4.69, 9.17) is 0 Å². The molecule has 0 spiro atoms. The molecule has 2 amide bonds. The molecule has 2 heterocycles. The second kappa shape index (κ2) is 10.6. The highest BCUT2D eigenvalue weighted by Gasteiger charge is 2.14. The second-order valence-corrected chi connectivity index (χ2v) is 9.10. The van der Waals surface area contributed by atoms with Crippen LogP contribution in [0.25, 0.3) is 27.4 Å². The van der Waals surface area contributed by atoms with Crippen molar-refractivity contribution in [2.24, 2.45) is 0 Å². The summed E-state index contributed by atoms with van der Waals surface area (Å²) < 4.78 is 4.31. The number of hydrogen-bond acceptors (Lipinski definition) is 2. The van der Waals surface area contributed by atoms with E-state index in [-0.39, 0.29) is 11.8 Å². The Kier molecular flexibility index (Phi) is 6.96. The lowest BCUT2D eigenvalue weighted by Gasteiger charge is -2.10. The van der Waals surface area contributed by atoms with E-state index in [0.717, 1.165) is 40.6 Å². The Morgan fingerprint density at radius 3 is 1.71 bits per heavy atom. The fraction of sp³-hybridized carbons (Fsp3) is 0.125. The van der Waals surface area contributed by atoms with E-state index in [1.54, 1.807) is 24.3 Å². The summed E-state index contributed by atoms with van der Waals surface area (Å²) in [4.78, 5) is 25.8. The van der Waals surface area contributed by atoms with Crippen LogP contribution in [0.15, 0.2) is 104 Å². The first-order valence-electron chi connectivity index (χ1n) is 12.7. The van der Waals surface area contributed by atoms with Gasteiger partial charge in [-0.25, -0.2) is 0 Å². The van der Waals surface area contributed by atoms with E-state index in [1.165, 1.54) is 0 Å². The van der Waals surface area contributed by atoms with Crippen molar-refractivity contribution < 1.29 is 18.7 Å². The molecule has 0 radical (unpaired) electrons. The molecule has 0 aliphatic heterocycles. The molecule has 0 fully saturated rings. The summed E-state index contributed by atoms with van der Waals surface area (Å²) in [5.74, 6) is -0.507. The van der Waals surface area contributed by atoms with Gasteiger partial charge in [-0.15, -0.1) is 0 Å². The molecule has 0 aliphatic rings. The zero-order valence-electron chi connectivity index (χ0n) is 21.6. The van der Waals surface area contributed by atoms with Crippen molar-refractivity contribution in [2.75, 3.05) is 10.6 Å². The Morgan fingerprint density at radius 2 is 1.18 bits per heavy atom. The summed E-state index contributed by atoms with van der Waals surface area (Å²) in [5, 5.41) is 8.00. The Morgan fingerprint density at radius 1 is 0.684 bits per heavy atom. The first-order chi connectivity index (χ1) is 18.5. The minimum Gasteiger partial charge on any atom is -0.322 e. The quantitative estimate of drug-likeness (QED) is 0.228. The van der Waals surface area contributed by atoms with Gasteiger partial charge in [0.15, 0.2) is 12.4 Å². The second-order valence-electron chi connectivity index (χ2n) is 9.10. The highest BCUT2D eigenvalue weighted by atomic mass is 16.2. The van der Waals surface area contributed by atoms with Crippen LogP contribution in [-0.2, 0) is 17.9 Å². The number of carbonyl (C=O) groups excluding carboxylic acids is 2. The van der Waals surface area contributed by atoms with E-state index in [2.05, 4.69) is 40.2 Å². The molecular weight excluding hydrogens is 472 g/mol. The number of amides is 2. The molecule has 2 N–H and O–H groups in total. The normalized spacial score (nSPS) is 10.9. The lowest BCUT2D eigenvalue weighted by atomic mass is 10.0. The number of aryl methyl sites for hydroxylation is 2. The highest BCUT2D eigenvalue weighted by Crippen LogP contribution is 2.21. The summed E-state index contributed by atoms with van der Waals surface area (Å²) >= 11 is 0. The van der Waals surface area contributed by atoms with Crippen LogP contribution in [0.4, 0.5) is 11.4 Å². The summed E-state index contributed by atoms with van der Waals surface area (Å²) in [6.45, 7) is 9.92. The average molecular weight is 503 g/mol. The van der Waals surface area contributed by atoms with Gasteiger partial charge in [0, 0.05) is 57.5 Å². The molecule has 0 saturated carbocycles. The molecule has 0 bridgehead atoms. The van der Waals surface area contributed by atoms with Gasteiger partial charge < -0.3 is 10.6 Å². The van der Waals surface area contributed by atoms with Gasteiger partial charge in [0.1, 0.15) is 13.1 Å². The minimum absolute atomic E-state index is 0.217. The van der Waals surface area contributed by atoms with Gasteiger partial charge in [-0.1, -0.05) is 18.7 Å². The molecule has 6 heteroatoms. The molecule has 5 rings (SSSR count). The summed E-state index contributed by atoms with van der Waals surface area (Å²) in [6.07, 6.45) is 4.08. The van der Waals surface area contributed by atoms with Crippen LogP contribution in [0.2, 0.25) is 0 Å². The number of aromatic nitrogens is 2. The van der Waals surface area contributed by atoms with Crippen molar-refractivity contribution >= 4 is 50.6 Å². The lowest BCUT2D eigenvalue weighted by molar-refractivity contribution is -0.668. The highest BCUT2D eigenvalue weighted by molar-refractivity contribution is 6.24. The number of fused-ring (bicyclic) bond motifs is 2. The third-order valence-corrected chi connectivity index (χ3v) is 6.72. The number of hydrogen-bond donors (Lipinski definition) is 2. The number of pyridine rings is 2. The molecule has 0 saturated heterocycles. The molecule has 5 aromatic rings. The minimum atomic E-state index is -0.290. The molecule has 38 heavy (non-hydrogen) atoms. The van der Waals surface area contributed by atoms with Crippen molar-refractivity contribution in [1.29, 1.82) is 0 Å². The molecule has 188 valence electrons. The zero-order chi connectivity index (χ0) is 26.6. The number of benzene rings is 3. The van der Waals surface area contributed by atoms with Crippen LogP contribution in [0.1, 0.15) is 29.8 Å². The zero-order valence-corrected chi connectivity index (χ0v) is 21.6. The van der Waals surface area contributed by atoms with Gasteiger partial charge in [0.25, 0.3) is 11.8 Å². The topological polar surface area (TPSA) is 66.0 Å². The van der Waals surface area contributed by atoms with Crippen LogP contribution in [0, 0.1) is 0 Å². The van der Waals surface area contributed by atoms with Crippen LogP contribution in [0.5, 0.6) is 0 Å². The first kappa shape index (κ1) is 24.8. The van der Waals surface area contributed by atoms with Gasteiger partial charge in [0.05, 0.1) is 0 Å². The predicted octanol–water partition coefficient (Wildman–Crippen LogP) is 5.51. The molecule has 0 aliphatic carbocycles. The monoisotopic (exact) mass is 502 g/mol. The number of carbonyl (C=O) groups is 2. The predicted molar refractivity (Wildman–Crippen MR) is 152 cm³/mol. The van der Waals surface area contributed by atoms with Crippen LogP contribution >= 0.6 is 0 Å². The third-order valence-electron chi connectivity index (χ3n) is 6.72. The summed E-state index contributed by atoms with van der Waals surface area (Å²) in [7, 11) is 0. The SMILES string of the molecule is C=C(C(=O)Nc1ccc2c(ccc[n+]2CC)c1)c1ccc(C(=O)Nc2ccc3c(ccc[n+]3CC)c2)cc1. The fourth-order valence-electron chi connectivity index (χ4n) is 4.63. The Labute approximate surface area is 221 Å². The molecule has 0 atom stereocenters. The van der Waals surface area contributed by atoms with Gasteiger partial charge in [0.2, 0.25) is 11.0 Å². The van der Waals surface area contributed by atoms with Gasteiger partial charge >= 0.3 is 0 Å². The largest absolute Gasteiger partial charge is 0.322 e. The van der Waals surface area contributed by atoms with E-state index >= 15 is 0 Å². The summed E-state index contributed by atoms with van der Waals surface area (Å²) in [6, 6.07) is 26.7. The number of anilines is 2. The molecule has 6 nitrogen and oxygen atoms in total. The maximum absolute atomic E-state index is 12.9. The van der Waals surface area contributed by atoms with E-state index < -0.39 is 0 Å². The average Bonchev–Trinajstić information content (AvgIpc) is 2.95. The van der Waals surface area contributed by atoms with E-state index in [1.807, 2.05) is 73.1 Å². The number of nitrogens with one attached hydrogen (secondary N) is 2. The van der Waals surface area contributed by atoms with Gasteiger partial charge in [-0.05, 0) is 67.9 Å². The number of rotatable bonds is 7. The van der Waals surface area contributed by atoms with Crippen LogP contribution in [0.3, 0.4) is 0 Å². The van der Waals surface area contributed by atoms with E-state index in [0.29, 0.717) is 22.4 Å². The standard InChI is InChI=1S/C32H28N4O2/c1-4-35-18-6-8-25-20-27(14-16-29(25)35)33-31(37)22(3)23-10-12-24(13-11-23)32(38)34-28-15-17-30-26(21-28)9-7-19-36(30)5-2/h6-21H,3-5H2,1-2H3/p+2. The Hall–Kier alpha value is -4.84. The summed E-state index contributed by atoms with van der Waals surface area (Å²) in [5.41, 5.74) is 5.12. The van der Waals surface area contributed by atoms with Crippen LogP contribution in [-0.4, -0.2) is 11.8 Å². The van der Waals surface area contributed by atoms with Crippen molar-refractivity contribution in [3.63, 3.8) is 0 Å². The van der Waals surface area contributed by atoms with Gasteiger partial charge in [-0.2, -0.15) is 9.13 Å². The first-order valence-corrected chi connectivity index (χ1v) is 12.7. The van der Waals surface area contributed by atoms with Crippen molar-refractivity contribution in [3.05, 3.63) is 115 Å².